The topological polar surface area (TPSA) is 38.3 Å². The van der Waals surface area contributed by atoms with Crippen LogP contribution in [0.4, 0.5) is 0 Å². The van der Waals surface area contributed by atoms with Crippen LogP contribution in [0.25, 0.3) is 0 Å². The van der Waals surface area contributed by atoms with Crippen molar-refractivity contribution in [2.45, 2.75) is 51.1 Å². The zero-order valence-corrected chi connectivity index (χ0v) is 13.8. The van der Waals surface area contributed by atoms with Gasteiger partial charge in [0.15, 0.2) is 0 Å². The van der Waals surface area contributed by atoms with E-state index >= 15 is 0 Å². The number of hydrogen-bond acceptors (Lipinski definition) is 3. The van der Waals surface area contributed by atoms with Crippen molar-refractivity contribution in [3.05, 3.63) is 33.8 Å². The molecule has 0 aliphatic heterocycles. The minimum atomic E-state index is -0.301. The lowest BCUT2D eigenvalue weighted by Gasteiger charge is -2.35. The Bertz CT molecular complexity index is 481. The summed E-state index contributed by atoms with van der Waals surface area (Å²) in [5.41, 5.74) is 2.00. The molecule has 0 radical (unpaired) electrons. The Labute approximate surface area is 129 Å². The van der Waals surface area contributed by atoms with Crippen molar-refractivity contribution in [1.29, 1.82) is 0 Å². The summed E-state index contributed by atoms with van der Waals surface area (Å²) < 4.78 is 5.68. The van der Waals surface area contributed by atoms with Gasteiger partial charge >= 0.3 is 5.97 Å². The van der Waals surface area contributed by atoms with Crippen molar-refractivity contribution < 1.29 is 9.53 Å². The minimum Gasteiger partial charge on any atom is -0.465 e. The van der Waals surface area contributed by atoms with E-state index in [1.807, 2.05) is 18.2 Å². The second-order valence-corrected chi connectivity index (χ2v) is 6.63. The van der Waals surface area contributed by atoms with E-state index in [1.54, 1.807) is 0 Å². The van der Waals surface area contributed by atoms with Crippen molar-refractivity contribution in [2.75, 3.05) is 7.11 Å². The highest BCUT2D eigenvalue weighted by atomic mass is 79.9. The Morgan fingerprint density at radius 1 is 1.35 bits per heavy atom. The standard InChI is InChI=1S/C16H22BrNO2/c1-16(8-4-3-5-9-16)18-11-13-7-6-12(10-14(13)17)15(19)20-2/h6-7,10,18H,3-5,8-9,11H2,1-2H3. The molecule has 0 saturated heterocycles. The molecule has 0 bridgehead atoms. The SMILES string of the molecule is COC(=O)c1ccc(CNC2(C)CCCCC2)c(Br)c1. The fraction of sp³-hybridized carbons (Fsp3) is 0.562. The average molecular weight is 340 g/mol. The third-order valence-corrected chi connectivity index (χ3v) is 4.88. The van der Waals surface area contributed by atoms with Crippen LogP contribution in [-0.2, 0) is 11.3 Å². The maximum absolute atomic E-state index is 11.5. The Kier molecular flexibility index (Phi) is 5.22. The van der Waals surface area contributed by atoms with E-state index in [1.165, 1.54) is 44.8 Å². The van der Waals surface area contributed by atoms with E-state index in [-0.39, 0.29) is 11.5 Å². The number of carbonyl (C=O) groups is 1. The molecule has 110 valence electrons. The maximum atomic E-state index is 11.5. The van der Waals surface area contributed by atoms with Crippen LogP contribution in [0.2, 0.25) is 0 Å². The molecule has 1 aromatic rings. The van der Waals surface area contributed by atoms with Crippen LogP contribution in [-0.4, -0.2) is 18.6 Å². The van der Waals surface area contributed by atoms with Crippen molar-refractivity contribution in [2.24, 2.45) is 0 Å². The van der Waals surface area contributed by atoms with Gasteiger partial charge < -0.3 is 10.1 Å². The molecule has 4 heteroatoms. The highest BCUT2D eigenvalue weighted by Crippen LogP contribution is 2.28. The minimum absolute atomic E-state index is 0.249. The molecule has 0 heterocycles. The zero-order valence-electron chi connectivity index (χ0n) is 12.2. The predicted octanol–water partition coefficient (Wildman–Crippen LogP) is 4.05. The van der Waals surface area contributed by atoms with E-state index in [0.717, 1.165) is 11.0 Å². The molecule has 0 spiro atoms. The first-order valence-electron chi connectivity index (χ1n) is 7.16. The molecule has 1 saturated carbocycles. The number of benzene rings is 1. The molecule has 2 rings (SSSR count). The Morgan fingerprint density at radius 3 is 2.65 bits per heavy atom. The molecular weight excluding hydrogens is 318 g/mol. The van der Waals surface area contributed by atoms with Gasteiger partial charge in [-0.05, 0) is 37.5 Å². The maximum Gasteiger partial charge on any atom is 0.337 e. The second-order valence-electron chi connectivity index (χ2n) is 5.77. The second kappa shape index (κ2) is 6.72. The summed E-state index contributed by atoms with van der Waals surface area (Å²) in [7, 11) is 1.40. The Hall–Kier alpha value is -0.870. The summed E-state index contributed by atoms with van der Waals surface area (Å²) in [6.07, 6.45) is 6.46. The summed E-state index contributed by atoms with van der Waals surface area (Å²) in [5, 5.41) is 3.67. The monoisotopic (exact) mass is 339 g/mol. The molecule has 3 nitrogen and oxygen atoms in total. The van der Waals surface area contributed by atoms with E-state index in [0.29, 0.717) is 5.56 Å². The molecule has 20 heavy (non-hydrogen) atoms. The third-order valence-electron chi connectivity index (χ3n) is 4.14. The van der Waals surface area contributed by atoms with Gasteiger partial charge in [0, 0.05) is 16.6 Å². The first-order chi connectivity index (χ1) is 9.54. The van der Waals surface area contributed by atoms with Crippen LogP contribution < -0.4 is 5.32 Å². The molecule has 1 aliphatic carbocycles. The first-order valence-corrected chi connectivity index (χ1v) is 7.95. The molecule has 1 aromatic carbocycles. The van der Waals surface area contributed by atoms with Gasteiger partial charge in [-0.3, -0.25) is 0 Å². The number of hydrogen-bond donors (Lipinski definition) is 1. The van der Waals surface area contributed by atoms with Gasteiger partial charge in [-0.15, -0.1) is 0 Å². The van der Waals surface area contributed by atoms with E-state index in [4.69, 9.17) is 4.74 Å². The van der Waals surface area contributed by atoms with Crippen LogP contribution in [0.5, 0.6) is 0 Å². The van der Waals surface area contributed by atoms with E-state index < -0.39 is 0 Å². The summed E-state index contributed by atoms with van der Waals surface area (Å²) >= 11 is 3.54. The lowest BCUT2D eigenvalue weighted by molar-refractivity contribution is 0.0600. The Morgan fingerprint density at radius 2 is 2.05 bits per heavy atom. The van der Waals surface area contributed by atoms with E-state index in [2.05, 4.69) is 28.2 Å². The fourth-order valence-electron chi connectivity index (χ4n) is 2.75. The van der Waals surface area contributed by atoms with Crippen LogP contribution in [0.15, 0.2) is 22.7 Å². The van der Waals surface area contributed by atoms with Gasteiger partial charge in [0.1, 0.15) is 0 Å². The zero-order chi connectivity index (χ0) is 14.6. The van der Waals surface area contributed by atoms with Gasteiger partial charge in [-0.1, -0.05) is 41.3 Å². The summed E-state index contributed by atoms with van der Waals surface area (Å²) in [6, 6.07) is 5.62. The largest absolute Gasteiger partial charge is 0.465 e. The number of methoxy groups -OCH3 is 1. The first kappa shape index (κ1) is 15.5. The number of rotatable bonds is 4. The lowest BCUT2D eigenvalue weighted by atomic mass is 9.83. The Balaban J connectivity index is 2.01. The number of carbonyl (C=O) groups excluding carboxylic acids is 1. The molecule has 0 atom stereocenters. The smallest absolute Gasteiger partial charge is 0.337 e. The van der Waals surface area contributed by atoms with Crippen LogP contribution in [0.3, 0.4) is 0 Å². The third kappa shape index (κ3) is 3.83. The molecular formula is C16H22BrNO2. The van der Waals surface area contributed by atoms with Gasteiger partial charge in [-0.2, -0.15) is 0 Å². The summed E-state index contributed by atoms with van der Waals surface area (Å²) in [4.78, 5) is 11.5. The molecule has 1 N–H and O–H groups in total. The molecule has 0 aromatic heterocycles. The summed E-state index contributed by atoms with van der Waals surface area (Å²) in [5.74, 6) is -0.301. The van der Waals surface area contributed by atoms with Crippen LogP contribution in [0, 0.1) is 0 Å². The average Bonchev–Trinajstić information content (AvgIpc) is 2.46. The van der Waals surface area contributed by atoms with Gasteiger partial charge in [0.25, 0.3) is 0 Å². The van der Waals surface area contributed by atoms with Gasteiger partial charge in [0.2, 0.25) is 0 Å². The van der Waals surface area contributed by atoms with Crippen molar-refractivity contribution in [1.82, 2.24) is 5.32 Å². The normalized spacial score (nSPS) is 17.8. The van der Waals surface area contributed by atoms with Gasteiger partial charge in [0.05, 0.1) is 12.7 Å². The number of halogens is 1. The quantitative estimate of drug-likeness (QED) is 0.841. The summed E-state index contributed by atoms with van der Waals surface area (Å²) in [6.45, 7) is 3.13. The predicted molar refractivity (Wildman–Crippen MR) is 83.8 cm³/mol. The van der Waals surface area contributed by atoms with Crippen LogP contribution >= 0.6 is 15.9 Å². The number of ether oxygens (including phenoxy) is 1. The molecule has 0 unspecified atom stereocenters. The molecule has 0 amide bonds. The van der Waals surface area contributed by atoms with Crippen molar-refractivity contribution >= 4 is 21.9 Å². The van der Waals surface area contributed by atoms with Gasteiger partial charge in [-0.25, -0.2) is 4.79 Å². The lowest BCUT2D eigenvalue weighted by Crippen LogP contribution is -2.43. The highest BCUT2D eigenvalue weighted by Gasteiger charge is 2.25. The fourth-order valence-corrected chi connectivity index (χ4v) is 3.27. The molecule has 1 fully saturated rings. The number of nitrogens with one attached hydrogen (secondary N) is 1. The number of esters is 1. The van der Waals surface area contributed by atoms with Crippen molar-refractivity contribution in [3.8, 4) is 0 Å². The van der Waals surface area contributed by atoms with Crippen molar-refractivity contribution in [3.63, 3.8) is 0 Å². The van der Waals surface area contributed by atoms with E-state index in [9.17, 15) is 4.79 Å². The molecule has 1 aliphatic rings. The highest BCUT2D eigenvalue weighted by molar-refractivity contribution is 9.10. The van der Waals surface area contributed by atoms with Crippen LogP contribution in [0.1, 0.15) is 54.9 Å².